The molecule has 0 N–H and O–H groups in total. The second kappa shape index (κ2) is 10.7. The molecular formula is C25H23NO6S. The van der Waals surface area contributed by atoms with E-state index in [9.17, 15) is 9.59 Å². The molecule has 8 heteroatoms. The van der Waals surface area contributed by atoms with E-state index >= 15 is 0 Å². The van der Waals surface area contributed by atoms with Crippen LogP contribution in [-0.4, -0.2) is 38.8 Å². The Hall–Kier alpha value is -3.78. The molecule has 0 saturated carbocycles. The van der Waals surface area contributed by atoms with Gasteiger partial charge in [0.2, 0.25) is 0 Å². The van der Waals surface area contributed by atoms with Crippen LogP contribution in [0.4, 0.5) is 5.69 Å². The Kier molecular flexibility index (Phi) is 7.26. The third kappa shape index (κ3) is 5.93. The van der Waals surface area contributed by atoms with Gasteiger partial charge in [0.1, 0.15) is 19.0 Å². The van der Waals surface area contributed by atoms with Crippen molar-refractivity contribution in [2.75, 3.05) is 31.8 Å². The molecule has 1 amide bonds. The molecule has 7 nitrogen and oxygen atoms in total. The first-order valence-corrected chi connectivity index (χ1v) is 11.2. The van der Waals surface area contributed by atoms with E-state index < -0.39 is 5.97 Å². The molecule has 1 aliphatic heterocycles. The number of esters is 1. The molecule has 33 heavy (non-hydrogen) atoms. The van der Waals surface area contributed by atoms with Gasteiger partial charge in [0.05, 0.1) is 13.7 Å². The molecule has 4 rings (SSSR count). The lowest BCUT2D eigenvalue weighted by atomic mass is 10.2. The number of methoxy groups -OCH3 is 1. The average molecular weight is 466 g/mol. The molecule has 0 spiro atoms. The fourth-order valence-corrected chi connectivity index (χ4v) is 3.91. The van der Waals surface area contributed by atoms with Gasteiger partial charge in [0.15, 0.2) is 18.1 Å². The zero-order valence-electron chi connectivity index (χ0n) is 18.1. The normalized spacial score (nSPS) is 12.4. The van der Waals surface area contributed by atoms with Crippen molar-refractivity contribution >= 4 is 35.0 Å². The molecular weight excluding hydrogens is 442 g/mol. The van der Waals surface area contributed by atoms with Crippen LogP contribution in [0.5, 0.6) is 17.2 Å². The second-order valence-corrected chi connectivity index (χ2v) is 8.13. The number of fused-ring (bicyclic) bond motifs is 1. The number of anilines is 1. The maximum absolute atomic E-state index is 13.0. The van der Waals surface area contributed by atoms with Crippen LogP contribution in [-0.2, 0) is 20.9 Å². The Balaban J connectivity index is 1.42. The summed E-state index contributed by atoms with van der Waals surface area (Å²) in [6, 6.07) is 16.5. The number of carbonyl (C=O) groups is 2. The molecule has 3 aromatic rings. The lowest BCUT2D eigenvalue weighted by Crippen LogP contribution is -2.34. The second-order valence-electron chi connectivity index (χ2n) is 7.10. The predicted molar refractivity (Wildman–Crippen MR) is 126 cm³/mol. The van der Waals surface area contributed by atoms with Gasteiger partial charge in [-0.3, -0.25) is 4.79 Å². The van der Waals surface area contributed by atoms with E-state index in [1.54, 1.807) is 59.8 Å². The van der Waals surface area contributed by atoms with Gasteiger partial charge in [0, 0.05) is 22.7 Å². The summed E-state index contributed by atoms with van der Waals surface area (Å²) >= 11 is 1.55. The first-order chi connectivity index (χ1) is 16.1. The third-order valence-electron chi connectivity index (χ3n) is 4.90. The van der Waals surface area contributed by atoms with Crippen molar-refractivity contribution in [2.24, 2.45) is 0 Å². The highest BCUT2D eigenvalue weighted by molar-refractivity contribution is 7.09. The molecule has 0 fully saturated rings. The van der Waals surface area contributed by atoms with Crippen LogP contribution < -0.4 is 19.1 Å². The van der Waals surface area contributed by atoms with Crippen LogP contribution in [0.3, 0.4) is 0 Å². The van der Waals surface area contributed by atoms with E-state index in [1.165, 1.54) is 6.08 Å². The molecule has 0 radical (unpaired) electrons. The quantitative estimate of drug-likeness (QED) is 0.364. The Labute approximate surface area is 195 Å². The molecule has 0 bridgehead atoms. The number of thiophene rings is 1. The molecule has 1 aromatic heterocycles. The van der Waals surface area contributed by atoms with Crippen molar-refractivity contribution in [3.8, 4) is 17.2 Å². The van der Waals surface area contributed by atoms with Gasteiger partial charge in [-0.05, 0) is 47.4 Å². The smallest absolute Gasteiger partial charge is 0.331 e. The number of hydrogen-bond acceptors (Lipinski definition) is 7. The summed E-state index contributed by atoms with van der Waals surface area (Å²) in [5.41, 5.74) is 1.46. The molecule has 0 aliphatic carbocycles. The minimum Gasteiger partial charge on any atom is -0.497 e. The predicted octanol–water partition coefficient (Wildman–Crippen LogP) is 4.32. The van der Waals surface area contributed by atoms with Gasteiger partial charge >= 0.3 is 5.97 Å². The van der Waals surface area contributed by atoms with Gasteiger partial charge in [-0.15, -0.1) is 11.3 Å². The van der Waals surface area contributed by atoms with Crippen LogP contribution >= 0.6 is 11.3 Å². The number of nitrogens with zero attached hydrogens (tertiary/aromatic N) is 1. The Morgan fingerprint density at radius 3 is 2.58 bits per heavy atom. The molecule has 0 unspecified atom stereocenters. The van der Waals surface area contributed by atoms with Gasteiger partial charge in [-0.2, -0.15) is 0 Å². The largest absolute Gasteiger partial charge is 0.497 e. The SMILES string of the molecule is COc1ccc(/C=C/C(=O)OCC(=O)N(Cc2cccs2)c2ccc3c(c2)OCCO3)cc1. The van der Waals surface area contributed by atoms with Crippen molar-refractivity contribution in [3.63, 3.8) is 0 Å². The van der Waals surface area contributed by atoms with E-state index in [0.717, 1.165) is 16.2 Å². The van der Waals surface area contributed by atoms with Crippen molar-refractivity contribution in [1.82, 2.24) is 0 Å². The number of hydrogen-bond donors (Lipinski definition) is 0. The van der Waals surface area contributed by atoms with E-state index in [1.807, 2.05) is 29.6 Å². The van der Waals surface area contributed by atoms with Crippen molar-refractivity contribution < 1.29 is 28.5 Å². The highest BCUT2D eigenvalue weighted by Gasteiger charge is 2.21. The van der Waals surface area contributed by atoms with Crippen LogP contribution in [0.1, 0.15) is 10.4 Å². The molecule has 170 valence electrons. The van der Waals surface area contributed by atoms with Gasteiger partial charge in [-0.25, -0.2) is 4.79 Å². The van der Waals surface area contributed by atoms with Gasteiger partial charge < -0.3 is 23.8 Å². The van der Waals surface area contributed by atoms with Gasteiger partial charge in [0.25, 0.3) is 5.91 Å². The maximum atomic E-state index is 13.0. The molecule has 2 heterocycles. The fourth-order valence-electron chi connectivity index (χ4n) is 3.22. The summed E-state index contributed by atoms with van der Waals surface area (Å²) < 4.78 is 21.5. The minimum absolute atomic E-state index is 0.341. The number of amides is 1. The van der Waals surface area contributed by atoms with Crippen LogP contribution in [0.15, 0.2) is 66.1 Å². The lowest BCUT2D eigenvalue weighted by molar-refractivity contribution is -0.142. The summed E-state index contributed by atoms with van der Waals surface area (Å²) in [6.07, 6.45) is 2.92. The third-order valence-corrected chi connectivity index (χ3v) is 5.76. The first-order valence-electron chi connectivity index (χ1n) is 10.3. The summed E-state index contributed by atoms with van der Waals surface area (Å²) in [5, 5.41) is 1.95. The van der Waals surface area contributed by atoms with Crippen molar-refractivity contribution in [1.29, 1.82) is 0 Å². The first kappa shape index (κ1) is 22.4. The number of carbonyl (C=O) groups excluding carboxylic acids is 2. The highest BCUT2D eigenvalue weighted by Crippen LogP contribution is 2.34. The molecule has 2 aromatic carbocycles. The minimum atomic E-state index is -0.600. The number of rotatable bonds is 8. The lowest BCUT2D eigenvalue weighted by Gasteiger charge is -2.25. The summed E-state index contributed by atoms with van der Waals surface area (Å²) in [5.74, 6) is 1.01. The Morgan fingerprint density at radius 1 is 1.06 bits per heavy atom. The Morgan fingerprint density at radius 2 is 1.85 bits per heavy atom. The summed E-state index contributed by atoms with van der Waals surface area (Å²) in [7, 11) is 1.59. The zero-order valence-corrected chi connectivity index (χ0v) is 18.9. The van der Waals surface area contributed by atoms with Gasteiger partial charge in [-0.1, -0.05) is 18.2 Å². The highest BCUT2D eigenvalue weighted by atomic mass is 32.1. The topological polar surface area (TPSA) is 74.3 Å². The van der Waals surface area contributed by atoms with Crippen molar-refractivity contribution in [2.45, 2.75) is 6.54 Å². The standard InChI is InChI=1S/C25H23NO6S/c1-29-20-8-4-18(5-9-20)6-11-25(28)32-17-24(27)26(16-21-3-2-14-33-21)19-7-10-22-23(15-19)31-13-12-30-22/h2-11,14-15H,12-13,16-17H2,1H3/b11-6+. The summed E-state index contributed by atoms with van der Waals surface area (Å²) in [4.78, 5) is 27.8. The van der Waals surface area contributed by atoms with Crippen LogP contribution in [0.25, 0.3) is 6.08 Å². The van der Waals surface area contributed by atoms with Crippen LogP contribution in [0.2, 0.25) is 0 Å². The van der Waals surface area contributed by atoms with E-state index in [-0.39, 0.29) is 12.5 Å². The van der Waals surface area contributed by atoms with Crippen LogP contribution in [0, 0.1) is 0 Å². The van der Waals surface area contributed by atoms with E-state index in [2.05, 4.69) is 0 Å². The maximum Gasteiger partial charge on any atom is 0.331 e. The molecule has 1 aliphatic rings. The Bertz CT molecular complexity index is 1120. The number of ether oxygens (including phenoxy) is 4. The molecule has 0 atom stereocenters. The van der Waals surface area contributed by atoms with Crippen molar-refractivity contribution in [3.05, 3.63) is 76.5 Å². The fraction of sp³-hybridized carbons (Fsp3) is 0.200. The number of benzene rings is 2. The average Bonchev–Trinajstić information content (AvgIpc) is 3.38. The van der Waals surface area contributed by atoms with E-state index in [4.69, 9.17) is 18.9 Å². The monoisotopic (exact) mass is 465 g/mol. The molecule has 0 saturated heterocycles. The zero-order chi connectivity index (χ0) is 23.0. The summed E-state index contributed by atoms with van der Waals surface area (Å²) in [6.45, 7) is 0.915. The van der Waals surface area contributed by atoms with E-state index in [0.29, 0.717) is 36.9 Å².